The van der Waals surface area contributed by atoms with Crippen molar-refractivity contribution in [3.63, 3.8) is 0 Å². The average Bonchev–Trinajstić information content (AvgIpc) is 3.62. The summed E-state index contributed by atoms with van der Waals surface area (Å²) < 4.78 is 1.90. The van der Waals surface area contributed by atoms with Crippen LogP contribution in [0.5, 0.6) is 0 Å². The maximum atomic E-state index is 11.8. The first-order valence-corrected chi connectivity index (χ1v) is 10.0. The highest BCUT2D eigenvalue weighted by atomic mass is 16.2. The van der Waals surface area contributed by atoms with Crippen LogP contribution in [0.4, 0.5) is 5.82 Å². The molecule has 3 aromatic rings. The molecule has 0 atom stereocenters. The summed E-state index contributed by atoms with van der Waals surface area (Å²) in [5, 5.41) is 12.1. The monoisotopic (exact) mass is 376 g/mol. The van der Waals surface area contributed by atoms with Crippen LogP contribution in [0.1, 0.15) is 43.1 Å². The van der Waals surface area contributed by atoms with Gasteiger partial charge in [-0.3, -0.25) is 4.79 Å². The standard InChI is InChI=1S/C21H24N6O/c1-13-17-19(22-11-12-23-21(28)15-9-10-15)24-18(14-7-8-14)25-20(17)27(26-13)16-5-3-2-4-6-16/h2-6,14-15H,7-12H2,1H3,(H,23,28)(H,22,24,25). The summed E-state index contributed by atoms with van der Waals surface area (Å²) in [5.41, 5.74) is 2.72. The average molecular weight is 376 g/mol. The molecule has 2 aromatic heterocycles. The molecule has 2 N–H and O–H groups in total. The maximum absolute atomic E-state index is 11.8. The van der Waals surface area contributed by atoms with E-state index in [1.165, 1.54) is 0 Å². The van der Waals surface area contributed by atoms with Gasteiger partial charge < -0.3 is 10.6 Å². The number of rotatable bonds is 7. The highest BCUT2D eigenvalue weighted by Crippen LogP contribution is 2.40. The summed E-state index contributed by atoms with van der Waals surface area (Å²) in [6.07, 6.45) is 4.32. The SMILES string of the molecule is Cc1nn(-c2ccccc2)c2nc(C3CC3)nc(NCCNC(=O)C3CC3)c12. The number of nitrogens with one attached hydrogen (secondary N) is 2. The van der Waals surface area contributed by atoms with E-state index in [4.69, 9.17) is 15.1 Å². The number of benzene rings is 1. The van der Waals surface area contributed by atoms with E-state index >= 15 is 0 Å². The topological polar surface area (TPSA) is 84.7 Å². The third-order valence-corrected chi connectivity index (χ3v) is 5.33. The predicted octanol–water partition coefficient (Wildman–Crippen LogP) is 2.94. The number of anilines is 1. The Kier molecular flexibility index (Phi) is 4.22. The molecule has 0 unspecified atom stereocenters. The fourth-order valence-electron chi connectivity index (χ4n) is 3.46. The second-order valence-electron chi connectivity index (χ2n) is 7.73. The molecule has 7 heteroatoms. The molecule has 1 aromatic carbocycles. The Hall–Kier alpha value is -2.96. The maximum Gasteiger partial charge on any atom is 0.223 e. The van der Waals surface area contributed by atoms with Crippen LogP contribution in [0, 0.1) is 12.8 Å². The number of nitrogens with zero attached hydrogens (tertiary/aromatic N) is 4. The molecule has 0 spiro atoms. The van der Waals surface area contributed by atoms with Gasteiger partial charge in [0.2, 0.25) is 5.91 Å². The Bertz CT molecular complexity index is 1020. The summed E-state index contributed by atoms with van der Waals surface area (Å²) >= 11 is 0. The number of hydrogen-bond acceptors (Lipinski definition) is 5. The van der Waals surface area contributed by atoms with E-state index in [-0.39, 0.29) is 11.8 Å². The van der Waals surface area contributed by atoms with Gasteiger partial charge in [0.1, 0.15) is 11.6 Å². The van der Waals surface area contributed by atoms with Crippen molar-refractivity contribution in [2.75, 3.05) is 18.4 Å². The third kappa shape index (κ3) is 3.32. The molecule has 0 saturated heterocycles. The number of carbonyl (C=O) groups excluding carboxylic acids is 1. The normalized spacial score (nSPS) is 16.3. The van der Waals surface area contributed by atoms with Crippen molar-refractivity contribution in [1.29, 1.82) is 0 Å². The zero-order valence-electron chi connectivity index (χ0n) is 16.0. The summed E-state index contributed by atoms with van der Waals surface area (Å²) in [5.74, 6) is 2.54. The lowest BCUT2D eigenvalue weighted by molar-refractivity contribution is -0.122. The van der Waals surface area contributed by atoms with Gasteiger partial charge in [-0.2, -0.15) is 5.10 Å². The molecule has 2 heterocycles. The molecule has 2 aliphatic rings. The van der Waals surface area contributed by atoms with Crippen LogP contribution in [-0.2, 0) is 4.79 Å². The molecule has 144 valence electrons. The summed E-state index contributed by atoms with van der Waals surface area (Å²) in [7, 11) is 0. The quantitative estimate of drug-likeness (QED) is 0.619. The van der Waals surface area contributed by atoms with Gasteiger partial charge in [0.15, 0.2) is 5.65 Å². The van der Waals surface area contributed by atoms with Crippen LogP contribution >= 0.6 is 0 Å². The van der Waals surface area contributed by atoms with Crippen molar-refractivity contribution < 1.29 is 4.79 Å². The minimum Gasteiger partial charge on any atom is -0.368 e. The lowest BCUT2D eigenvalue weighted by Gasteiger charge is -2.10. The molecule has 0 radical (unpaired) electrons. The number of amides is 1. The molecular weight excluding hydrogens is 352 g/mol. The van der Waals surface area contributed by atoms with Crippen LogP contribution in [0.15, 0.2) is 30.3 Å². The number of fused-ring (bicyclic) bond motifs is 1. The molecule has 0 aliphatic heterocycles. The second-order valence-corrected chi connectivity index (χ2v) is 7.73. The van der Waals surface area contributed by atoms with Gasteiger partial charge >= 0.3 is 0 Å². The lowest BCUT2D eigenvalue weighted by atomic mass is 10.2. The van der Waals surface area contributed by atoms with E-state index in [1.807, 2.05) is 41.9 Å². The van der Waals surface area contributed by atoms with Crippen molar-refractivity contribution in [3.8, 4) is 5.69 Å². The zero-order valence-corrected chi connectivity index (χ0v) is 16.0. The number of aromatic nitrogens is 4. The van der Waals surface area contributed by atoms with Crippen molar-refractivity contribution in [2.45, 2.75) is 38.5 Å². The Balaban J connectivity index is 1.45. The number of para-hydroxylation sites is 1. The van der Waals surface area contributed by atoms with Crippen molar-refractivity contribution in [1.82, 2.24) is 25.1 Å². The first-order valence-electron chi connectivity index (χ1n) is 10.0. The third-order valence-electron chi connectivity index (χ3n) is 5.33. The van der Waals surface area contributed by atoms with Crippen molar-refractivity contribution in [3.05, 3.63) is 41.9 Å². The molecule has 0 bridgehead atoms. The molecule has 7 nitrogen and oxygen atoms in total. The second kappa shape index (κ2) is 6.89. The van der Waals surface area contributed by atoms with E-state index in [1.54, 1.807) is 0 Å². The van der Waals surface area contributed by atoms with Gasteiger partial charge in [0.05, 0.1) is 16.8 Å². The largest absolute Gasteiger partial charge is 0.368 e. The Morgan fingerprint density at radius 2 is 1.89 bits per heavy atom. The van der Waals surface area contributed by atoms with Crippen LogP contribution in [0.2, 0.25) is 0 Å². The van der Waals surface area contributed by atoms with E-state index in [0.29, 0.717) is 19.0 Å². The number of aryl methyl sites for hydroxylation is 1. The minimum absolute atomic E-state index is 0.168. The molecule has 2 saturated carbocycles. The number of carbonyl (C=O) groups is 1. The number of hydrogen-bond donors (Lipinski definition) is 2. The summed E-state index contributed by atoms with van der Waals surface area (Å²) in [4.78, 5) is 21.5. The fraction of sp³-hybridized carbons (Fsp3) is 0.429. The van der Waals surface area contributed by atoms with Gasteiger partial charge in [0.25, 0.3) is 0 Å². The lowest BCUT2D eigenvalue weighted by Crippen LogP contribution is -2.30. The van der Waals surface area contributed by atoms with E-state index in [2.05, 4.69) is 10.6 Å². The summed E-state index contributed by atoms with van der Waals surface area (Å²) in [6.45, 7) is 3.21. The van der Waals surface area contributed by atoms with Crippen LogP contribution < -0.4 is 10.6 Å². The first-order chi connectivity index (χ1) is 13.7. The molecule has 1 amide bonds. The van der Waals surface area contributed by atoms with Crippen LogP contribution in [0.25, 0.3) is 16.7 Å². The Morgan fingerprint density at radius 1 is 1.11 bits per heavy atom. The Morgan fingerprint density at radius 3 is 2.61 bits per heavy atom. The molecule has 2 fully saturated rings. The van der Waals surface area contributed by atoms with Crippen molar-refractivity contribution in [2.24, 2.45) is 5.92 Å². The molecule has 28 heavy (non-hydrogen) atoms. The molecule has 2 aliphatic carbocycles. The first kappa shape index (κ1) is 17.2. The highest BCUT2D eigenvalue weighted by Gasteiger charge is 2.30. The van der Waals surface area contributed by atoms with E-state index < -0.39 is 0 Å². The smallest absolute Gasteiger partial charge is 0.223 e. The molecule has 5 rings (SSSR count). The van der Waals surface area contributed by atoms with Crippen molar-refractivity contribution >= 4 is 22.8 Å². The van der Waals surface area contributed by atoms with Gasteiger partial charge in [-0.05, 0) is 44.7 Å². The van der Waals surface area contributed by atoms with E-state index in [9.17, 15) is 4.79 Å². The van der Waals surface area contributed by atoms with Crippen LogP contribution in [-0.4, -0.2) is 38.7 Å². The summed E-state index contributed by atoms with van der Waals surface area (Å²) in [6, 6.07) is 10.1. The highest BCUT2D eigenvalue weighted by molar-refractivity contribution is 5.90. The molecular formula is C21H24N6O. The van der Waals surface area contributed by atoms with Crippen LogP contribution in [0.3, 0.4) is 0 Å². The fourth-order valence-corrected chi connectivity index (χ4v) is 3.46. The minimum atomic E-state index is 0.168. The van der Waals surface area contributed by atoms with E-state index in [0.717, 1.165) is 59.7 Å². The zero-order chi connectivity index (χ0) is 19.1. The Labute approximate surface area is 163 Å². The predicted molar refractivity (Wildman–Crippen MR) is 108 cm³/mol. The van der Waals surface area contributed by atoms with Gasteiger partial charge in [-0.1, -0.05) is 18.2 Å². The van der Waals surface area contributed by atoms with Gasteiger partial charge in [-0.25, -0.2) is 14.6 Å². The van der Waals surface area contributed by atoms with Gasteiger partial charge in [0, 0.05) is 24.9 Å². The van der Waals surface area contributed by atoms with Gasteiger partial charge in [-0.15, -0.1) is 0 Å².